The number of carboxylic acids is 1. The number of aliphatic carboxylic acids is 1. The fourth-order valence-corrected chi connectivity index (χ4v) is 5.02. The maximum absolute atomic E-state index is 13.6. The van der Waals surface area contributed by atoms with Crippen molar-refractivity contribution in [3.05, 3.63) is 111 Å². The molecule has 0 fully saturated rings. The summed E-state index contributed by atoms with van der Waals surface area (Å²) in [6, 6.07) is 18.5. The number of carboxylic acid groups (broad SMARTS) is 1. The fourth-order valence-electron chi connectivity index (χ4n) is 3.64. The van der Waals surface area contributed by atoms with E-state index in [-0.39, 0.29) is 23.6 Å². The second-order valence-electron chi connectivity index (χ2n) is 7.64. The average molecular weight is 511 g/mol. The number of benzene rings is 2. The summed E-state index contributed by atoms with van der Waals surface area (Å²) in [7, 11) is 0. The van der Waals surface area contributed by atoms with Crippen LogP contribution in [0.2, 0.25) is 10.0 Å². The van der Waals surface area contributed by atoms with Crippen molar-refractivity contribution in [1.82, 2.24) is 9.88 Å². The molecule has 0 spiro atoms. The van der Waals surface area contributed by atoms with Gasteiger partial charge in [0, 0.05) is 28.7 Å². The van der Waals surface area contributed by atoms with Gasteiger partial charge in [0.15, 0.2) is 0 Å². The van der Waals surface area contributed by atoms with Crippen molar-refractivity contribution in [3.63, 3.8) is 0 Å². The molecular formula is C26H20Cl2N2O3S. The summed E-state index contributed by atoms with van der Waals surface area (Å²) < 4.78 is 0. The number of carbonyl (C=O) groups excluding carboxylic acids is 1. The maximum atomic E-state index is 13.6. The lowest BCUT2D eigenvalue weighted by Gasteiger charge is -2.29. The Morgan fingerprint density at radius 1 is 0.971 bits per heavy atom. The highest BCUT2D eigenvalue weighted by Gasteiger charge is 2.32. The van der Waals surface area contributed by atoms with Gasteiger partial charge < -0.3 is 10.0 Å². The molecule has 2 heterocycles. The summed E-state index contributed by atoms with van der Waals surface area (Å²) in [5.41, 5.74) is 3.00. The molecule has 0 saturated heterocycles. The first kappa shape index (κ1) is 24.0. The van der Waals surface area contributed by atoms with E-state index in [1.807, 2.05) is 53.9 Å². The fraction of sp³-hybridized carbons (Fsp3) is 0.115. The summed E-state index contributed by atoms with van der Waals surface area (Å²) in [6.45, 7) is 0.122. The molecule has 0 aliphatic heterocycles. The van der Waals surface area contributed by atoms with Crippen molar-refractivity contribution in [3.8, 4) is 11.1 Å². The van der Waals surface area contributed by atoms with Crippen LogP contribution in [-0.2, 0) is 17.8 Å². The lowest BCUT2D eigenvalue weighted by atomic mass is 10.0. The van der Waals surface area contributed by atoms with Gasteiger partial charge in [-0.2, -0.15) is 0 Å². The highest BCUT2D eigenvalue weighted by Crippen LogP contribution is 2.29. The van der Waals surface area contributed by atoms with E-state index in [4.69, 9.17) is 23.2 Å². The lowest BCUT2D eigenvalue weighted by molar-refractivity contribution is -0.142. The van der Waals surface area contributed by atoms with Crippen LogP contribution in [-0.4, -0.2) is 32.9 Å². The van der Waals surface area contributed by atoms with Crippen molar-refractivity contribution >= 4 is 46.4 Å². The molecule has 1 unspecified atom stereocenters. The van der Waals surface area contributed by atoms with Gasteiger partial charge in [-0.15, -0.1) is 11.3 Å². The minimum atomic E-state index is -1.09. The molecule has 2 aromatic heterocycles. The average Bonchev–Trinajstić information content (AvgIpc) is 3.31. The summed E-state index contributed by atoms with van der Waals surface area (Å²) in [5, 5.41) is 12.7. The quantitative estimate of drug-likeness (QED) is 0.295. The number of thiophene rings is 1. The third kappa shape index (κ3) is 5.65. The Morgan fingerprint density at radius 2 is 1.71 bits per heavy atom. The third-order valence-corrected chi connectivity index (χ3v) is 6.82. The van der Waals surface area contributed by atoms with E-state index in [0.717, 1.165) is 21.6 Å². The maximum Gasteiger partial charge on any atom is 0.326 e. The Labute approximate surface area is 211 Å². The summed E-state index contributed by atoms with van der Waals surface area (Å²) in [4.78, 5) is 32.3. The van der Waals surface area contributed by atoms with Crippen LogP contribution < -0.4 is 0 Å². The molecule has 1 amide bonds. The molecule has 0 aliphatic rings. The normalized spacial score (nSPS) is 11.7. The van der Waals surface area contributed by atoms with E-state index in [1.165, 1.54) is 28.4 Å². The van der Waals surface area contributed by atoms with Crippen LogP contribution >= 0.6 is 34.5 Å². The largest absolute Gasteiger partial charge is 0.480 e. The SMILES string of the molecule is O=C(O)C(Cc1ccccc1)N(Cc1cc(-c2ccncc2)cs1)C(=O)c1ccc(Cl)cc1Cl. The van der Waals surface area contributed by atoms with Crippen molar-refractivity contribution < 1.29 is 14.7 Å². The van der Waals surface area contributed by atoms with Gasteiger partial charge in [-0.3, -0.25) is 9.78 Å². The zero-order chi connectivity index (χ0) is 24.1. The number of aromatic nitrogens is 1. The Bertz CT molecular complexity index is 1300. The molecule has 34 heavy (non-hydrogen) atoms. The van der Waals surface area contributed by atoms with Crippen molar-refractivity contribution in [2.75, 3.05) is 0 Å². The predicted molar refractivity (Wildman–Crippen MR) is 135 cm³/mol. The second-order valence-corrected chi connectivity index (χ2v) is 9.48. The zero-order valence-corrected chi connectivity index (χ0v) is 20.2. The number of nitrogens with zero attached hydrogens (tertiary/aromatic N) is 2. The van der Waals surface area contributed by atoms with Crippen LogP contribution in [0.1, 0.15) is 20.8 Å². The van der Waals surface area contributed by atoms with Crippen molar-refractivity contribution in [2.24, 2.45) is 0 Å². The minimum Gasteiger partial charge on any atom is -0.480 e. The van der Waals surface area contributed by atoms with Gasteiger partial charge in [0.1, 0.15) is 6.04 Å². The molecule has 4 rings (SSSR count). The molecule has 1 atom stereocenters. The molecule has 2 aromatic carbocycles. The van der Waals surface area contributed by atoms with Crippen LogP contribution in [0.5, 0.6) is 0 Å². The van der Waals surface area contributed by atoms with Crippen LogP contribution in [0.25, 0.3) is 11.1 Å². The topological polar surface area (TPSA) is 70.5 Å². The van der Waals surface area contributed by atoms with Gasteiger partial charge in [0.2, 0.25) is 0 Å². The molecular weight excluding hydrogens is 491 g/mol. The summed E-state index contributed by atoms with van der Waals surface area (Å²) in [5.74, 6) is -1.56. The van der Waals surface area contributed by atoms with E-state index in [2.05, 4.69) is 4.98 Å². The molecule has 0 saturated carbocycles. The molecule has 4 aromatic rings. The predicted octanol–water partition coefficient (Wildman–Crippen LogP) is 6.46. The Kier molecular flexibility index (Phi) is 7.63. The smallest absolute Gasteiger partial charge is 0.326 e. The van der Waals surface area contributed by atoms with Gasteiger partial charge >= 0.3 is 5.97 Å². The first-order chi connectivity index (χ1) is 16.4. The highest BCUT2D eigenvalue weighted by atomic mass is 35.5. The summed E-state index contributed by atoms with van der Waals surface area (Å²) in [6.07, 6.45) is 3.59. The number of hydrogen-bond donors (Lipinski definition) is 1. The second kappa shape index (κ2) is 10.8. The standard InChI is InChI=1S/C26H20Cl2N2O3S/c27-20-6-7-22(23(28)14-20)25(31)30(24(26(32)33)12-17-4-2-1-3-5-17)15-21-13-19(16-34-21)18-8-10-29-11-9-18/h1-11,13-14,16,24H,12,15H2,(H,32,33). The van der Waals surface area contributed by atoms with Gasteiger partial charge in [-0.05, 0) is 58.5 Å². The molecule has 0 radical (unpaired) electrons. The summed E-state index contributed by atoms with van der Waals surface area (Å²) >= 11 is 13.8. The zero-order valence-electron chi connectivity index (χ0n) is 17.9. The molecule has 8 heteroatoms. The number of amides is 1. The van der Waals surface area contributed by atoms with E-state index >= 15 is 0 Å². The molecule has 1 N–H and O–H groups in total. The molecule has 5 nitrogen and oxygen atoms in total. The van der Waals surface area contributed by atoms with E-state index < -0.39 is 17.9 Å². The number of hydrogen-bond acceptors (Lipinski definition) is 4. The third-order valence-electron chi connectivity index (χ3n) is 5.35. The van der Waals surface area contributed by atoms with E-state index in [0.29, 0.717) is 5.02 Å². The minimum absolute atomic E-state index is 0.122. The Hall–Kier alpha value is -3.19. The van der Waals surface area contributed by atoms with Gasteiger partial charge in [0.05, 0.1) is 17.1 Å². The number of rotatable bonds is 8. The van der Waals surface area contributed by atoms with Crippen molar-refractivity contribution in [1.29, 1.82) is 0 Å². The molecule has 172 valence electrons. The Balaban J connectivity index is 1.70. The van der Waals surface area contributed by atoms with Crippen LogP contribution in [0, 0.1) is 0 Å². The van der Waals surface area contributed by atoms with E-state index in [1.54, 1.807) is 18.5 Å². The first-order valence-corrected chi connectivity index (χ1v) is 12.1. The number of pyridine rings is 1. The first-order valence-electron chi connectivity index (χ1n) is 10.4. The Morgan fingerprint density at radius 3 is 2.38 bits per heavy atom. The monoisotopic (exact) mass is 510 g/mol. The van der Waals surface area contributed by atoms with Gasteiger partial charge in [-0.1, -0.05) is 53.5 Å². The van der Waals surface area contributed by atoms with Gasteiger partial charge in [-0.25, -0.2) is 4.79 Å². The highest BCUT2D eigenvalue weighted by molar-refractivity contribution is 7.10. The van der Waals surface area contributed by atoms with Crippen molar-refractivity contribution in [2.45, 2.75) is 19.0 Å². The van der Waals surface area contributed by atoms with Crippen LogP contribution in [0.4, 0.5) is 0 Å². The van der Waals surface area contributed by atoms with Crippen LogP contribution in [0.15, 0.2) is 84.5 Å². The van der Waals surface area contributed by atoms with Gasteiger partial charge in [0.25, 0.3) is 5.91 Å². The molecule has 0 aliphatic carbocycles. The lowest BCUT2D eigenvalue weighted by Crippen LogP contribution is -2.46. The number of carbonyl (C=O) groups is 2. The number of halogens is 2. The van der Waals surface area contributed by atoms with Crippen LogP contribution in [0.3, 0.4) is 0 Å². The molecule has 0 bridgehead atoms. The van der Waals surface area contributed by atoms with E-state index in [9.17, 15) is 14.7 Å².